The van der Waals surface area contributed by atoms with E-state index in [0.29, 0.717) is 24.6 Å². The SMILES string of the molecule is CC(C)C(CO)NC(=O)C1CC(=O)N(Cc2ccc3c(c2)OCO3)C1. The fraction of sp³-hybridized carbons (Fsp3) is 0.556. The Bertz CT molecular complexity index is 661. The summed E-state index contributed by atoms with van der Waals surface area (Å²) in [6, 6.07) is 5.31. The zero-order chi connectivity index (χ0) is 18.0. The molecule has 0 bridgehead atoms. The molecule has 1 aromatic rings. The molecule has 1 fully saturated rings. The summed E-state index contributed by atoms with van der Waals surface area (Å²) in [6.45, 7) is 4.80. The van der Waals surface area contributed by atoms with E-state index in [1.54, 1.807) is 4.90 Å². The molecule has 2 heterocycles. The maximum Gasteiger partial charge on any atom is 0.231 e. The summed E-state index contributed by atoms with van der Waals surface area (Å²) in [5.41, 5.74) is 0.939. The number of benzene rings is 1. The van der Waals surface area contributed by atoms with Crippen LogP contribution < -0.4 is 14.8 Å². The summed E-state index contributed by atoms with van der Waals surface area (Å²) in [5, 5.41) is 12.2. The summed E-state index contributed by atoms with van der Waals surface area (Å²) < 4.78 is 10.6. The van der Waals surface area contributed by atoms with E-state index in [-0.39, 0.29) is 49.5 Å². The normalized spacial score (nSPS) is 20.2. The van der Waals surface area contributed by atoms with Gasteiger partial charge in [-0.05, 0) is 23.6 Å². The third-order valence-corrected chi connectivity index (χ3v) is 4.72. The molecule has 0 saturated carbocycles. The molecule has 1 saturated heterocycles. The van der Waals surface area contributed by atoms with Crippen LogP contribution in [0.25, 0.3) is 0 Å². The number of hydrogen-bond donors (Lipinski definition) is 2. The van der Waals surface area contributed by atoms with Gasteiger partial charge in [0.25, 0.3) is 0 Å². The molecule has 2 unspecified atom stereocenters. The first-order valence-corrected chi connectivity index (χ1v) is 8.55. The topological polar surface area (TPSA) is 88.1 Å². The van der Waals surface area contributed by atoms with Gasteiger partial charge in [-0.1, -0.05) is 19.9 Å². The van der Waals surface area contributed by atoms with Crippen molar-refractivity contribution in [3.05, 3.63) is 23.8 Å². The van der Waals surface area contributed by atoms with Crippen molar-refractivity contribution < 1.29 is 24.2 Å². The minimum absolute atomic E-state index is 0.0390. The van der Waals surface area contributed by atoms with E-state index in [1.165, 1.54) is 0 Å². The maximum absolute atomic E-state index is 12.4. The van der Waals surface area contributed by atoms with Gasteiger partial charge in [-0.15, -0.1) is 0 Å². The number of amides is 2. The summed E-state index contributed by atoms with van der Waals surface area (Å²) in [5.74, 6) is 0.931. The highest BCUT2D eigenvalue weighted by Gasteiger charge is 2.35. The van der Waals surface area contributed by atoms with Gasteiger partial charge < -0.3 is 24.8 Å². The molecule has 0 aromatic heterocycles. The Hall–Kier alpha value is -2.28. The van der Waals surface area contributed by atoms with E-state index >= 15 is 0 Å². The van der Waals surface area contributed by atoms with Crippen LogP contribution in [0.1, 0.15) is 25.8 Å². The molecule has 0 aliphatic carbocycles. The number of nitrogens with one attached hydrogen (secondary N) is 1. The van der Waals surface area contributed by atoms with Gasteiger partial charge in [-0.25, -0.2) is 0 Å². The molecule has 2 aliphatic heterocycles. The van der Waals surface area contributed by atoms with Gasteiger partial charge in [0, 0.05) is 19.5 Å². The summed E-state index contributed by atoms with van der Waals surface area (Å²) in [4.78, 5) is 26.3. The summed E-state index contributed by atoms with van der Waals surface area (Å²) in [7, 11) is 0. The Morgan fingerprint density at radius 1 is 1.36 bits per heavy atom. The average molecular weight is 348 g/mol. The third kappa shape index (κ3) is 3.87. The minimum Gasteiger partial charge on any atom is -0.454 e. The van der Waals surface area contributed by atoms with Crippen LogP contribution in [-0.4, -0.2) is 47.8 Å². The van der Waals surface area contributed by atoms with Gasteiger partial charge in [0.05, 0.1) is 18.6 Å². The van der Waals surface area contributed by atoms with Crippen molar-refractivity contribution in [3.63, 3.8) is 0 Å². The molecule has 1 aromatic carbocycles. The number of likely N-dealkylation sites (tertiary alicyclic amines) is 1. The molecule has 3 rings (SSSR count). The molecular formula is C18H24N2O5. The van der Waals surface area contributed by atoms with Crippen molar-refractivity contribution in [1.82, 2.24) is 10.2 Å². The monoisotopic (exact) mass is 348 g/mol. The summed E-state index contributed by atoms with van der Waals surface area (Å²) in [6.07, 6.45) is 0.201. The first kappa shape index (κ1) is 17.5. The quantitative estimate of drug-likeness (QED) is 0.797. The van der Waals surface area contributed by atoms with Gasteiger partial charge in [-0.2, -0.15) is 0 Å². The van der Waals surface area contributed by atoms with E-state index in [9.17, 15) is 14.7 Å². The van der Waals surface area contributed by atoms with Crippen molar-refractivity contribution in [3.8, 4) is 11.5 Å². The van der Waals surface area contributed by atoms with Crippen LogP contribution in [0.5, 0.6) is 11.5 Å². The number of fused-ring (bicyclic) bond motifs is 1. The molecular weight excluding hydrogens is 324 g/mol. The lowest BCUT2D eigenvalue weighted by Crippen LogP contribution is -2.44. The smallest absolute Gasteiger partial charge is 0.231 e. The Morgan fingerprint density at radius 3 is 2.84 bits per heavy atom. The number of ether oxygens (including phenoxy) is 2. The lowest BCUT2D eigenvalue weighted by molar-refractivity contribution is -0.129. The second-order valence-corrected chi connectivity index (χ2v) is 6.90. The van der Waals surface area contributed by atoms with Crippen LogP contribution in [0, 0.1) is 11.8 Å². The molecule has 7 heteroatoms. The molecule has 2 amide bonds. The number of nitrogens with zero attached hydrogens (tertiary/aromatic N) is 1. The predicted molar refractivity (Wildman–Crippen MR) is 89.9 cm³/mol. The molecule has 136 valence electrons. The molecule has 7 nitrogen and oxygen atoms in total. The zero-order valence-electron chi connectivity index (χ0n) is 14.5. The molecule has 2 atom stereocenters. The fourth-order valence-corrected chi connectivity index (χ4v) is 3.08. The number of aliphatic hydroxyl groups excluding tert-OH is 1. The van der Waals surface area contributed by atoms with Crippen molar-refractivity contribution in [1.29, 1.82) is 0 Å². The van der Waals surface area contributed by atoms with Gasteiger partial charge >= 0.3 is 0 Å². The average Bonchev–Trinajstić information content (AvgIpc) is 3.18. The zero-order valence-corrected chi connectivity index (χ0v) is 14.5. The van der Waals surface area contributed by atoms with Crippen LogP contribution in [-0.2, 0) is 16.1 Å². The number of aliphatic hydroxyl groups is 1. The Morgan fingerprint density at radius 2 is 2.12 bits per heavy atom. The molecule has 0 spiro atoms. The van der Waals surface area contributed by atoms with Gasteiger partial charge in [0.1, 0.15) is 0 Å². The number of carbonyl (C=O) groups excluding carboxylic acids is 2. The van der Waals surface area contributed by atoms with Crippen molar-refractivity contribution in [2.24, 2.45) is 11.8 Å². The third-order valence-electron chi connectivity index (χ3n) is 4.72. The lowest BCUT2D eigenvalue weighted by atomic mass is 10.0. The lowest BCUT2D eigenvalue weighted by Gasteiger charge is -2.22. The Kier molecular flexibility index (Phi) is 5.13. The van der Waals surface area contributed by atoms with Crippen LogP contribution in [0.2, 0.25) is 0 Å². The highest BCUT2D eigenvalue weighted by atomic mass is 16.7. The second-order valence-electron chi connectivity index (χ2n) is 6.90. The van der Waals surface area contributed by atoms with E-state index in [2.05, 4.69) is 5.32 Å². The first-order chi connectivity index (χ1) is 12.0. The number of carbonyl (C=O) groups is 2. The van der Waals surface area contributed by atoms with E-state index in [0.717, 1.165) is 5.56 Å². The Labute approximate surface area is 146 Å². The molecule has 2 N–H and O–H groups in total. The van der Waals surface area contributed by atoms with Crippen LogP contribution >= 0.6 is 0 Å². The van der Waals surface area contributed by atoms with Crippen molar-refractivity contribution in [2.45, 2.75) is 32.9 Å². The first-order valence-electron chi connectivity index (χ1n) is 8.55. The van der Waals surface area contributed by atoms with Gasteiger partial charge in [0.2, 0.25) is 18.6 Å². The predicted octanol–water partition coefficient (Wildman–Crippen LogP) is 0.897. The van der Waals surface area contributed by atoms with E-state index in [1.807, 2.05) is 32.0 Å². The van der Waals surface area contributed by atoms with Crippen molar-refractivity contribution >= 4 is 11.8 Å². The van der Waals surface area contributed by atoms with Gasteiger partial charge in [0.15, 0.2) is 11.5 Å². The summed E-state index contributed by atoms with van der Waals surface area (Å²) >= 11 is 0. The minimum atomic E-state index is -0.380. The Balaban J connectivity index is 1.59. The number of rotatable bonds is 6. The van der Waals surface area contributed by atoms with E-state index < -0.39 is 0 Å². The maximum atomic E-state index is 12.4. The number of hydrogen-bond acceptors (Lipinski definition) is 5. The van der Waals surface area contributed by atoms with Crippen LogP contribution in [0.15, 0.2) is 18.2 Å². The van der Waals surface area contributed by atoms with Crippen molar-refractivity contribution in [2.75, 3.05) is 19.9 Å². The van der Waals surface area contributed by atoms with Crippen LogP contribution in [0.4, 0.5) is 0 Å². The van der Waals surface area contributed by atoms with Crippen LogP contribution in [0.3, 0.4) is 0 Å². The highest BCUT2D eigenvalue weighted by Crippen LogP contribution is 2.33. The second kappa shape index (κ2) is 7.31. The molecule has 25 heavy (non-hydrogen) atoms. The highest BCUT2D eigenvalue weighted by molar-refractivity contribution is 5.89. The largest absolute Gasteiger partial charge is 0.454 e. The molecule has 0 radical (unpaired) electrons. The molecule has 2 aliphatic rings. The standard InChI is InChI=1S/C18H24N2O5/c1-11(2)14(9-21)19-18(23)13-6-17(22)20(8-13)7-12-3-4-15-16(5-12)25-10-24-15/h3-5,11,13-14,21H,6-10H2,1-2H3,(H,19,23). The van der Waals surface area contributed by atoms with Gasteiger partial charge in [-0.3, -0.25) is 9.59 Å². The van der Waals surface area contributed by atoms with E-state index in [4.69, 9.17) is 9.47 Å². The fourth-order valence-electron chi connectivity index (χ4n) is 3.08.